The number of hydrogen-bond acceptors (Lipinski definition) is 2. The molecule has 0 aliphatic heterocycles. The van der Waals surface area contributed by atoms with E-state index in [4.69, 9.17) is 11.6 Å². The van der Waals surface area contributed by atoms with E-state index in [0.717, 1.165) is 12.5 Å². The fourth-order valence-electron chi connectivity index (χ4n) is 1.30. The lowest BCUT2D eigenvalue weighted by Gasteiger charge is -2.30. The second-order valence-electron chi connectivity index (χ2n) is 3.13. The molecule has 1 saturated carbocycles. The van der Waals surface area contributed by atoms with Crippen molar-refractivity contribution in [2.45, 2.75) is 18.2 Å². The fraction of sp³-hybridized carbons (Fsp3) is 1.00. The van der Waals surface area contributed by atoms with E-state index in [2.05, 4.69) is 11.6 Å². The first-order chi connectivity index (χ1) is 5.33. The molecule has 0 heterocycles. The minimum Gasteiger partial charge on any atom is -0.316 e. The maximum atomic E-state index is 5.85. The minimum absolute atomic E-state index is 0.474. The molecule has 0 radical (unpaired) electrons. The van der Waals surface area contributed by atoms with E-state index in [-0.39, 0.29) is 0 Å². The molecule has 0 aromatic rings. The third-order valence-electron chi connectivity index (χ3n) is 2.09. The van der Waals surface area contributed by atoms with Gasteiger partial charge in [-0.2, -0.15) is 11.8 Å². The van der Waals surface area contributed by atoms with Crippen molar-refractivity contribution in [1.82, 2.24) is 5.32 Å². The van der Waals surface area contributed by atoms with E-state index in [1.807, 2.05) is 11.8 Å². The van der Waals surface area contributed by atoms with Crippen molar-refractivity contribution >= 4 is 23.4 Å². The largest absolute Gasteiger partial charge is 0.316 e. The third-order valence-corrected chi connectivity index (χ3v) is 3.06. The van der Waals surface area contributed by atoms with Gasteiger partial charge in [-0.1, -0.05) is 0 Å². The number of halogens is 1. The zero-order valence-electron chi connectivity index (χ0n) is 6.98. The summed E-state index contributed by atoms with van der Waals surface area (Å²) in [4.78, 5) is 0. The molecule has 0 spiro atoms. The summed E-state index contributed by atoms with van der Waals surface area (Å²) in [5.74, 6) is 2.08. The Kier molecular flexibility index (Phi) is 4.65. The molecule has 0 unspecified atom stereocenters. The number of hydrogen-bond donors (Lipinski definition) is 1. The molecule has 1 nitrogen and oxygen atoms in total. The lowest BCUT2D eigenvalue weighted by molar-refractivity contribution is 0.311. The van der Waals surface area contributed by atoms with Crippen LogP contribution in [0.1, 0.15) is 12.8 Å². The van der Waals surface area contributed by atoms with Gasteiger partial charge < -0.3 is 5.32 Å². The van der Waals surface area contributed by atoms with Crippen molar-refractivity contribution in [3.05, 3.63) is 0 Å². The molecule has 11 heavy (non-hydrogen) atoms. The van der Waals surface area contributed by atoms with Gasteiger partial charge in [0, 0.05) is 17.7 Å². The van der Waals surface area contributed by atoms with Crippen LogP contribution < -0.4 is 5.32 Å². The molecule has 1 N–H and O–H groups in total. The van der Waals surface area contributed by atoms with Gasteiger partial charge in [-0.25, -0.2) is 0 Å². The molecule has 0 amide bonds. The van der Waals surface area contributed by atoms with Gasteiger partial charge in [-0.3, -0.25) is 0 Å². The van der Waals surface area contributed by atoms with Crippen molar-refractivity contribution in [3.63, 3.8) is 0 Å². The van der Waals surface area contributed by atoms with Crippen molar-refractivity contribution < 1.29 is 0 Å². The molecule has 66 valence electrons. The summed E-state index contributed by atoms with van der Waals surface area (Å²) in [5.41, 5.74) is 0. The summed E-state index contributed by atoms with van der Waals surface area (Å²) < 4.78 is 0. The molecule has 1 rings (SSSR count). The van der Waals surface area contributed by atoms with Gasteiger partial charge in [0.15, 0.2) is 0 Å². The second-order valence-corrected chi connectivity index (χ2v) is 4.73. The number of nitrogens with one attached hydrogen (secondary N) is 1. The molecule has 1 aliphatic carbocycles. The topological polar surface area (TPSA) is 12.0 Å². The molecule has 3 heteroatoms. The summed E-state index contributed by atoms with van der Waals surface area (Å²) in [6.07, 6.45) is 4.57. The van der Waals surface area contributed by atoms with E-state index in [1.54, 1.807) is 0 Å². The van der Waals surface area contributed by atoms with Gasteiger partial charge in [0.1, 0.15) is 0 Å². The fourth-order valence-corrected chi connectivity index (χ4v) is 2.15. The van der Waals surface area contributed by atoms with E-state index >= 15 is 0 Å². The molecule has 0 aromatic carbocycles. The highest BCUT2D eigenvalue weighted by atomic mass is 35.5. The van der Waals surface area contributed by atoms with Crippen LogP contribution in [0.25, 0.3) is 0 Å². The van der Waals surface area contributed by atoms with Gasteiger partial charge in [0.25, 0.3) is 0 Å². The van der Waals surface area contributed by atoms with Gasteiger partial charge in [0.2, 0.25) is 0 Å². The van der Waals surface area contributed by atoms with Crippen LogP contribution in [0.2, 0.25) is 0 Å². The molecule has 0 aromatic heterocycles. The predicted molar refractivity (Wildman–Crippen MR) is 53.6 cm³/mol. The summed E-state index contributed by atoms with van der Waals surface area (Å²) in [5, 5.41) is 3.90. The molecule has 0 saturated heterocycles. The van der Waals surface area contributed by atoms with Gasteiger partial charge in [-0.05, 0) is 31.6 Å². The Morgan fingerprint density at radius 2 is 2.27 bits per heavy atom. The highest BCUT2D eigenvalue weighted by Crippen LogP contribution is 2.30. The lowest BCUT2D eigenvalue weighted by Crippen LogP contribution is -2.34. The average molecular weight is 194 g/mol. The average Bonchev–Trinajstić information content (AvgIpc) is 1.94. The Labute approximate surface area is 78.3 Å². The molecule has 0 atom stereocenters. The molecule has 1 aliphatic rings. The highest BCUT2D eigenvalue weighted by Gasteiger charge is 2.26. The normalized spacial score (nSPS) is 30.0. The van der Waals surface area contributed by atoms with Crippen LogP contribution >= 0.6 is 23.4 Å². The quantitative estimate of drug-likeness (QED) is 0.529. The Balaban J connectivity index is 1.81. The Hall–Kier alpha value is 0.600. The van der Waals surface area contributed by atoms with Gasteiger partial charge in [0.05, 0.1) is 0 Å². The van der Waals surface area contributed by atoms with E-state index < -0.39 is 0 Å². The first-order valence-electron chi connectivity index (χ1n) is 4.16. The zero-order chi connectivity index (χ0) is 8.10. The standard InChI is InChI=1S/C8H16ClNS/c1-11-3-2-10-6-7-4-8(9)5-7/h7-8,10H,2-6H2,1H3. The van der Waals surface area contributed by atoms with Gasteiger partial charge >= 0.3 is 0 Å². The number of thioether (sulfide) groups is 1. The summed E-state index contributed by atoms with van der Waals surface area (Å²) >= 11 is 7.74. The van der Waals surface area contributed by atoms with Crippen LogP contribution in [0, 0.1) is 5.92 Å². The van der Waals surface area contributed by atoms with Crippen LogP contribution in [0.4, 0.5) is 0 Å². The second kappa shape index (κ2) is 5.28. The van der Waals surface area contributed by atoms with Crippen LogP contribution in [0.5, 0.6) is 0 Å². The van der Waals surface area contributed by atoms with E-state index in [1.165, 1.54) is 25.1 Å². The van der Waals surface area contributed by atoms with Gasteiger partial charge in [-0.15, -0.1) is 11.6 Å². The summed E-state index contributed by atoms with van der Waals surface area (Å²) in [6, 6.07) is 0. The highest BCUT2D eigenvalue weighted by molar-refractivity contribution is 7.98. The maximum absolute atomic E-state index is 5.85. The summed E-state index contributed by atoms with van der Waals surface area (Å²) in [6.45, 7) is 2.31. The number of alkyl halides is 1. The lowest BCUT2D eigenvalue weighted by atomic mass is 9.85. The van der Waals surface area contributed by atoms with E-state index in [9.17, 15) is 0 Å². The zero-order valence-corrected chi connectivity index (χ0v) is 8.55. The minimum atomic E-state index is 0.474. The molecular weight excluding hydrogens is 178 g/mol. The first kappa shape index (κ1) is 9.69. The van der Waals surface area contributed by atoms with Crippen LogP contribution in [-0.2, 0) is 0 Å². The summed E-state index contributed by atoms with van der Waals surface area (Å²) in [7, 11) is 0. The van der Waals surface area contributed by atoms with E-state index in [0.29, 0.717) is 5.38 Å². The first-order valence-corrected chi connectivity index (χ1v) is 5.99. The third kappa shape index (κ3) is 3.68. The monoisotopic (exact) mass is 193 g/mol. The van der Waals surface area contributed by atoms with Crippen LogP contribution in [0.15, 0.2) is 0 Å². The van der Waals surface area contributed by atoms with Crippen molar-refractivity contribution in [3.8, 4) is 0 Å². The van der Waals surface area contributed by atoms with Crippen molar-refractivity contribution in [2.75, 3.05) is 25.1 Å². The SMILES string of the molecule is CSCCNCC1CC(Cl)C1. The van der Waals surface area contributed by atoms with Crippen molar-refractivity contribution in [1.29, 1.82) is 0 Å². The smallest absolute Gasteiger partial charge is 0.0342 e. The Morgan fingerprint density at radius 1 is 1.55 bits per heavy atom. The predicted octanol–water partition coefficient (Wildman–Crippen LogP) is 1.96. The Morgan fingerprint density at radius 3 is 2.82 bits per heavy atom. The maximum Gasteiger partial charge on any atom is 0.0342 e. The Bertz CT molecular complexity index is 104. The molecule has 0 bridgehead atoms. The molecule has 1 fully saturated rings. The number of rotatable bonds is 5. The van der Waals surface area contributed by atoms with Crippen molar-refractivity contribution in [2.24, 2.45) is 5.92 Å². The molecular formula is C8H16ClNS. The van der Waals surface area contributed by atoms with Crippen LogP contribution in [-0.4, -0.2) is 30.5 Å². The van der Waals surface area contributed by atoms with Crippen LogP contribution in [0.3, 0.4) is 0 Å².